The Morgan fingerprint density at radius 2 is 1.42 bits per heavy atom. The van der Waals surface area contributed by atoms with Gasteiger partial charge in [0.2, 0.25) is 5.85 Å². The lowest BCUT2D eigenvalue weighted by molar-refractivity contribution is -0.219. The number of carbonyl (C=O) groups is 1. The highest BCUT2D eigenvalue weighted by atomic mass is 35.5. The van der Waals surface area contributed by atoms with Gasteiger partial charge in [-0.25, -0.2) is 13.6 Å². The van der Waals surface area contributed by atoms with Crippen LogP contribution in [0, 0.1) is 11.6 Å². The molecule has 1 saturated heterocycles. The summed E-state index contributed by atoms with van der Waals surface area (Å²) in [4.78, 5) is 11.9. The van der Waals surface area contributed by atoms with Crippen LogP contribution in [0.15, 0.2) is 66.7 Å². The molecule has 2 unspecified atom stereocenters. The van der Waals surface area contributed by atoms with Crippen molar-refractivity contribution in [3.63, 3.8) is 0 Å². The SMILES string of the molecule is O=C(OC1(CCc2ccc(Cl)c(Cl)c2)NC(c2cccc(F)c2)C(c2cccc(F)c2)N1)C(F)(F)F. The fourth-order valence-electron chi connectivity index (χ4n) is 4.15. The van der Waals surface area contributed by atoms with Gasteiger partial charge in [0.15, 0.2) is 0 Å². The summed E-state index contributed by atoms with van der Waals surface area (Å²) in [6.45, 7) is 0. The van der Waals surface area contributed by atoms with E-state index in [1.807, 2.05) is 0 Å². The van der Waals surface area contributed by atoms with Crippen LogP contribution in [-0.2, 0) is 16.0 Å². The Morgan fingerprint density at radius 3 is 1.89 bits per heavy atom. The molecule has 36 heavy (non-hydrogen) atoms. The number of hydrogen-bond acceptors (Lipinski definition) is 4. The van der Waals surface area contributed by atoms with Crippen LogP contribution in [0.5, 0.6) is 0 Å². The van der Waals surface area contributed by atoms with Gasteiger partial charge >= 0.3 is 12.1 Å². The molecule has 0 aromatic heterocycles. The van der Waals surface area contributed by atoms with Crippen molar-refractivity contribution in [3.05, 3.63) is 105 Å². The second-order valence-corrected chi connectivity index (χ2v) is 9.13. The molecule has 2 atom stereocenters. The van der Waals surface area contributed by atoms with Crippen LogP contribution in [0.1, 0.15) is 35.2 Å². The Bertz CT molecular complexity index is 1220. The average Bonchev–Trinajstić information content (AvgIpc) is 3.19. The maximum absolute atomic E-state index is 14.0. The second kappa shape index (κ2) is 10.3. The number of alkyl halides is 3. The number of carbonyl (C=O) groups excluding carboxylic acids is 1. The Balaban J connectivity index is 1.74. The molecular weight excluding hydrogens is 526 g/mol. The molecule has 0 bridgehead atoms. The molecule has 0 aliphatic carbocycles. The quantitative estimate of drug-likeness (QED) is 0.270. The minimum Gasteiger partial charge on any atom is -0.424 e. The molecule has 0 spiro atoms. The van der Waals surface area contributed by atoms with E-state index in [4.69, 9.17) is 27.9 Å². The molecule has 0 amide bonds. The largest absolute Gasteiger partial charge is 0.491 e. The van der Waals surface area contributed by atoms with E-state index in [2.05, 4.69) is 10.6 Å². The van der Waals surface area contributed by atoms with E-state index >= 15 is 0 Å². The molecule has 4 nitrogen and oxygen atoms in total. The highest BCUT2D eigenvalue weighted by Gasteiger charge is 2.52. The van der Waals surface area contributed by atoms with Crippen LogP contribution in [-0.4, -0.2) is 18.0 Å². The van der Waals surface area contributed by atoms with E-state index in [1.165, 1.54) is 42.5 Å². The highest BCUT2D eigenvalue weighted by Crippen LogP contribution is 2.40. The third kappa shape index (κ3) is 5.98. The fraction of sp³-hybridized carbons (Fsp3) is 0.240. The summed E-state index contributed by atoms with van der Waals surface area (Å²) in [6.07, 6.45) is -5.33. The summed E-state index contributed by atoms with van der Waals surface area (Å²) in [6, 6.07) is 13.8. The number of ether oxygens (including phenoxy) is 1. The third-order valence-electron chi connectivity index (χ3n) is 5.77. The lowest BCUT2D eigenvalue weighted by Crippen LogP contribution is -2.55. The van der Waals surface area contributed by atoms with E-state index < -0.39 is 41.7 Å². The zero-order valence-corrected chi connectivity index (χ0v) is 19.9. The first kappa shape index (κ1) is 26.3. The first-order valence-electron chi connectivity index (χ1n) is 10.8. The Labute approximate surface area is 213 Å². The van der Waals surface area contributed by atoms with Gasteiger partial charge in [0, 0.05) is 6.42 Å². The van der Waals surface area contributed by atoms with Crippen molar-refractivity contribution in [2.75, 3.05) is 0 Å². The minimum atomic E-state index is -5.27. The highest BCUT2D eigenvalue weighted by molar-refractivity contribution is 6.42. The number of esters is 1. The molecule has 3 aromatic rings. The summed E-state index contributed by atoms with van der Waals surface area (Å²) in [5, 5.41) is 6.37. The smallest absolute Gasteiger partial charge is 0.424 e. The van der Waals surface area contributed by atoms with Crippen LogP contribution < -0.4 is 10.6 Å². The van der Waals surface area contributed by atoms with Crippen LogP contribution in [0.4, 0.5) is 22.0 Å². The van der Waals surface area contributed by atoms with Gasteiger partial charge in [0.05, 0.1) is 22.1 Å². The van der Waals surface area contributed by atoms with Crippen molar-refractivity contribution >= 4 is 29.2 Å². The number of aryl methyl sites for hydroxylation is 1. The summed E-state index contributed by atoms with van der Waals surface area (Å²) in [7, 11) is 0. The van der Waals surface area contributed by atoms with Crippen molar-refractivity contribution in [2.45, 2.75) is 37.0 Å². The molecule has 0 radical (unpaired) electrons. The van der Waals surface area contributed by atoms with Gasteiger partial charge in [-0.15, -0.1) is 0 Å². The Hall–Kier alpha value is -2.72. The van der Waals surface area contributed by atoms with Crippen LogP contribution >= 0.6 is 23.2 Å². The molecule has 1 heterocycles. The molecule has 3 aromatic carbocycles. The van der Waals surface area contributed by atoms with Gasteiger partial charge in [0.25, 0.3) is 0 Å². The van der Waals surface area contributed by atoms with Gasteiger partial charge in [-0.05, 0) is 59.5 Å². The van der Waals surface area contributed by atoms with Gasteiger partial charge in [0.1, 0.15) is 11.6 Å². The van der Waals surface area contributed by atoms with Gasteiger partial charge in [-0.1, -0.05) is 53.5 Å². The molecule has 2 N–H and O–H groups in total. The summed E-state index contributed by atoms with van der Waals surface area (Å²) >= 11 is 12.0. The van der Waals surface area contributed by atoms with E-state index in [0.717, 1.165) is 0 Å². The topological polar surface area (TPSA) is 50.4 Å². The predicted octanol–water partition coefficient (Wildman–Crippen LogP) is 6.64. The molecule has 1 fully saturated rings. The number of halogens is 7. The fourth-order valence-corrected chi connectivity index (χ4v) is 4.47. The van der Waals surface area contributed by atoms with Crippen molar-refractivity contribution in [1.82, 2.24) is 10.6 Å². The number of rotatable bonds is 6. The second-order valence-electron chi connectivity index (χ2n) is 8.32. The Morgan fingerprint density at radius 1 is 0.861 bits per heavy atom. The lowest BCUT2D eigenvalue weighted by atomic mass is 9.95. The number of benzene rings is 3. The average molecular weight is 545 g/mol. The summed E-state index contributed by atoms with van der Waals surface area (Å²) in [5.74, 6) is -5.61. The number of hydrogen-bond donors (Lipinski definition) is 2. The van der Waals surface area contributed by atoms with Crippen LogP contribution in [0.3, 0.4) is 0 Å². The first-order valence-corrected chi connectivity index (χ1v) is 11.5. The maximum atomic E-state index is 14.0. The molecule has 4 rings (SSSR count). The minimum absolute atomic E-state index is 0.119. The summed E-state index contributed by atoms with van der Waals surface area (Å²) < 4.78 is 72.7. The van der Waals surface area contributed by atoms with E-state index in [9.17, 15) is 26.7 Å². The molecule has 0 saturated carbocycles. The summed E-state index contributed by atoms with van der Waals surface area (Å²) in [5.41, 5.74) is 1.33. The zero-order chi connectivity index (χ0) is 26.1. The normalized spacial score (nSPS) is 22.0. The van der Waals surface area contributed by atoms with Crippen LogP contribution in [0.25, 0.3) is 0 Å². The maximum Gasteiger partial charge on any atom is 0.491 e. The molecule has 1 aliphatic rings. The van der Waals surface area contributed by atoms with Crippen molar-refractivity contribution in [2.24, 2.45) is 0 Å². The number of nitrogens with one attached hydrogen (secondary N) is 2. The Kier molecular flexibility index (Phi) is 7.56. The first-order chi connectivity index (χ1) is 17.0. The van der Waals surface area contributed by atoms with E-state index in [1.54, 1.807) is 24.3 Å². The standard InChI is InChI=1S/C25H19Cl2F5N2O2/c26-19-8-7-14(11-20(19)27)9-10-24(36-23(35)25(30,31)32)33-21(15-3-1-5-17(28)12-15)22(34-24)16-4-2-6-18(29)13-16/h1-8,11-13,21-22,33-34H,9-10H2. The van der Waals surface area contributed by atoms with Gasteiger partial charge < -0.3 is 4.74 Å². The molecule has 1 aliphatic heterocycles. The predicted molar refractivity (Wildman–Crippen MR) is 124 cm³/mol. The lowest BCUT2D eigenvalue weighted by Gasteiger charge is -2.31. The molecule has 11 heteroatoms. The van der Waals surface area contributed by atoms with Gasteiger partial charge in [-0.3, -0.25) is 10.6 Å². The monoisotopic (exact) mass is 544 g/mol. The van der Waals surface area contributed by atoms with Crippen molar-refractivity contribution in [3.8, 4) is 0 Å². The van der Waals surface area contributed by atoms with Crippen molar-refractivity contribution in [1.29, 1.82) is 0 Å². The van der Waals surface area contributed by atoms with Crippen molar-refractivity contribution < 1.29 is 31.5 Å². The third-order valence-corrected chi connectivity index (χ3v) is 6.51. The van der Waals surface area contributed by atoms with Crippen LogP contribution in [0.2, 0.25) is 10.0 Å². The van der Waals surface area contributed by atoms with E-state index in [0.29, 0.717) is 21.7 Å². The van der Waals surface area contributed by atoms with Gasteiger partial charge in [-0.2, -0.15) is 13.2 Å². The molecular formula is C25H19Cl2F5N2O2. The zero-order valence-electron chi connectivity index (χ0n) is 18.4. The molecule has 190 valence electrons. The van der Waals surface area contributed by atoms with E-state index in [-0.39, 0.29) is 17.9 Å².